The molecule has 2 unspecified atom stereocenters. The number of methoxy groups -OCH3 is 1. The Kier molecular flexibility index (Phi) is 5.51. The van der Waals surface area contributed by atoms with Crippen molar-refractivity contribution in [2.75, 3.05) is 20.7 Å². The first-order valence-electron chi connectivity index (χ1n) is 12.8. The van der Waals surface area contributed by atoms with Gasteiger partial charge in [-0.3, -0.25) is 0 Å². The highest BCUT2D eigenvalue weighted by Gasteiger charge is 2.62. The number of oxime groups is 1. The van der Waals surface area contributed by atoms with Crippen molar-refractivity contribution in [2.24, 2.45) is 5.16 Å². The quantitative estimate of drug-likeness (QED) is 0.598. The van der Waals surface area contributed by atoms with E-state index in [-0.39, 0.29) is 6.04 Å². The van der Waals surface area contributed by atoms with Crippen LogP contribution >= 0.6 is 0 Å². The van der Waals surface area contributed by atoms with E-state index in [2.05, 4.69) is 77.3 Å². The molecule has 2 aromatic rings. The van der Waals surface area contributed by atoms with E-state index < -0.39 is 5.72 Å². The minimum Gasteiger partial charge on any atom is -0.495 e. The summed E-state index contributed by atoms with van der Waals surface area (Å²) in [7, 11) is 3.89. The predicted molar refractivity (Wildman–Crippen MR) is 142 cm³/mol. The lowest BCUT2D eigenvalue weighted by molar-refractivity contribution is -0.0946. The van der Waals surface area contributed by atoms with Crippen molar-refractivity contribution < 1.29 is 9.57 Å². The van der Waals surface area contributed by atoms with Crippen molar-refractivity contribution in [1.82, 2.24) is 19.4 Å². The monoisotopic (exact) mass is 483 g/mol. The highest BCUT2D eigenvalue weighted by atomic mass is 16.7. The van der Waals surface area contributed by atoms with E-state index in [4.69, 9.17) is 14.7 Å². The van der Waals surface area contributed by atoms with Crippen LogP contribution in [0.15, 0.2) is 77.0 Å². The maximum atomic E-state index is 6.50. The SMILES string of the molecule is CCC1N(C)C2=CC=CCC=C2C12ON=C1/C(=C/c3ccc(-n4cnc(C)c4)c(OC)c3)CCCN12. The van der Waals surface area contributed by atoms with E-state index in [0.717, 1.165) is 60.8 Å². The van der Waals surface area contributed by atoms with Gasteiger partial charge in [-0.2, -0.15) is 0 Å². The Hall–Kier alpha value is -3.74. The largest absolute Gasteiger partial charge is 0.495 e. The Balaban J connectivity index is 1.36. The van der Waals surface area contributed by atoms with Crippen molar-refractivity contribution in [3.8, 4) is 11.4 Å². The molecular weight excluding hydrogens is 450 g/mol. The molecule has 4 aliphatic rings. The van der Waals surface area contributed by atoms with Crippen LogP contribution in [-0.2, 0) is 4.84 Å². The molecule has 0 bridgehead atoms. The molecule has 186 valence electrons. The van der Waals surface area contributed by atoms with Gasteiger partial charge in [0.1, 0.15) is 5.75 Å². The second kappa shape index (κ2) is 8.73. The molecule has 0 amide bonds. The van der Waals surface area contributed by atoms with Gasteiger partial charge >= 0.3 is 0 Å². The molecule has 3 aliphatic heterocycles. The second-order valence-corrected chi connectivity index (χ2v) is 9.85. The molecule has 1 aromatic carbocycles. The van der Waals surface area contributed by atoms with Gasteiger partial charge in [0, 0.05) is 31.1 Å². The molecule has 1 spiro atoms. The number of aromatic nitrogens is 2. The lowest BCUT2D eigenvalue weighted by atomic mass is 9.90. The highest BCUT2D eigenvalue weighted by Crippen LogP contribution is 2.51. The maximum absolute atomic E-state index is 6.50. The summed E-state index contributed by atoms with van der Waals surface area (Å²) in [5.74, 6) is 1.77. The smallest absolute Gasteiger partial charge is 0.259 e. The third kappa shape index (κ3) is 3.33. The normalized spacial score (nSPS) is 25.8. The van der Waals surface area contributed by atoms with Crippen LogP contribution in [0.25, 0.3) is 11.8 Å². The fourth-order valence-corrected chi connectivity index (χ4v) is 6.15. The number of rotatable bonds is 4. The zero-order valence-electron chi connectivity index (χ0n) is 21.4. The summed E-state index contributed by atoms with van der Waals surface area (Å²) in [4.78, 5) is 15.6. The number of allylic oxidation sites excluding steroid dienone is 4. The van der Waals surface area contributed by atoms with Crippen molar-refractivity contribution in [3.63, 3.8) is 0 Å². The number of imidazole rings is 1. The molecule has 0 saturated carbocycles. The van der Waals surface area contributed by atoms with E-state index in [1.807, 2.05) is 24.0 Å². The van der Waals surface area contributed by atoms with Crippen LogP contribution in [0.5, 0.6) is 5.75 Å². The lowest BCUT2D eigenvalue weighted by Gasteiger charge is -2.41. The molecule has 7 heteroatoms. The van der Waals surface area contributed by atoms with Gasteiger partial charge < -0.3 is 23.9 Å². The zero-order chi connectivity index (χ0) is 24.9. The van der Waals surface area contributed by atoms with E-state index >= 15 is 0 Å². The van der Waals surface area contributed by atoms with E-state index in [0.29, 0.717) is 0 Å². The summed E-state index contributed by atoms with van der Waals surface area (Å²) in [6.07, 6.45) is 18.8. The maximum Gasteiger partial charge on any atom is 0.259 e. The van der Waals surface area contributed by atoms with Gasteiger partial charge in [0.05, 0.1) is 30.9 Å². The molecular formula is C29H33N5O2. The highest BCUT2D eigenvalue weighted by molar-refractivity contribution is 6.04. The first-order valence-corrected chi connectivity index (χ1v) is 12.8. The van der Waals surface area contributed by atoms with Gasteiger partial charge in [-0.15, -0.1) is 0 Å². The molecule has 7 nitrogen and oxygen atoms in total. The number of ether oxygens (including phenoxy) is 1. The number of hydrogen-bond acceptors (Lipinski definition) is 6. The first kappa shape index (κ1) is 22.7. The summed E-state index contributed by atoms with van der Waals surface area (Å²) in [5, 5.41) is 4.75. The Morgan fingerprint density at radius 3 is 2.97 bits per heavy atom. The number of fused-ring (bicyclic) bond motifs is 4. The van der Waals surface area contributed by atoms with Crippen LogP contribution < -0.4 is 4.74 Å². The summed E-state index contributed by atoms with van der Waals surface area (Å²) >= 11 is 0. The first-order chi connectivity index (χ1) is 17.6. The Labute approximate surface area is 212 Å². The van der Waals surface area contributed by atoms with Crippen LogP contribution in [0, 0.1) is 6.92 Å². The van der Waals surface area contributed by atoms with Gasteiger partial charge in [0.15, 0.2) is 5.84 Å². The van der Waals surface area contributed by atoms with E-state index in [1.54, 1.807) is 7.11 Å². The standard InChI is InChI=1S/C29H33N5O2/c1-5-27-29(23-11-7-6-8-12-24(23)32(27)3)34-15-9-10-22(28(34)31-36-29)16-21-13-14-25(26(17-21)35-4)33-18-20(2)30-19-33/h6,8,11-14,16-19,27H,5,7,9-10,15H2,1-4H3/b22-16+. The zero-order valence-corrected chi connectivity index (χ0v) is 21.4. The molecule has 1 aliphatic carbocycles. The van der Waals surface area contributed by atoms with Crippen molar-refractivity contribution >= 4 is 11.9 Å². The van der Waals surface area contributed by atoms with Gasteiger partial charge in [-0.05, 0) is 68.0 Å². The van der Waals surface area contributed by atoms with Crippen LogP contribution in [0.4, 0.5) is 0 Å². The summed E-state index contributed by atoms with van der Waals surface area (Å²) < 4.78 is 7.74. The molecule has 2 atom stereocenters. The Bertz CT molecular complexity index is 1350. The fraction of sp³-hybridized carbons (Fsp3) is 0.379. The molecule has 36 heavy (non-hydrogen) atoms. The Morgan fingerprint density at radius 2 is 2.19 bits per heavy atom. The molecule has 2 fully saturated rings. The van der Waals surface area contributed by atoms with Crippen LogP contribution in [-0.4, -0.2) is 57.7 Å². The van der Waals surface area contributed by atoms with Gasteiger partial charge in [-0.25, -0.2) is 4.98 Å². The molecule has 0 radical (unpaired) electrons. The van der Waals surface area contributed by atoms with Gasteiger partial charge in [-0.1, -0.05) is 36.4 Å². The number of likely N-dealkylation sites (N-methyl/N-ethyl adjacent to an activating group) is 1. The van der Waals surface area contributed by atoms with Crippen LogP contribution in [0.2, 0.25) is 0 Å². The average Bonchev–Trinajstić information content (AvgIpc) is 3.48. The number of nitrogens with zero attached hydrogens (tertiary/aromatic N) is 5. The van der Waals surface area contributed by atoms with Gasteiger partial charge in [0.2, 0.25) is 0 Å². The topological polar surface area (TPSA) is 55.1 Å². The summed E-state index contributed by atoms with van der Waals surface area (Å²) in [6.45, 7) is 5.16. The number of amidine groups is 1. The van der Waals surface area contributed by atoms with Crippen molar-refractivity contribution in [2.45, 2.75) is 51.3 Å². The van der Waals surface area contributed by atoms with Crippen LogP contribution in [0.3, 0.4) is 0 Å². The number of benzene rings is 1. The third-order valence-electron chi connectivity index (χ3n) is 7.77. The minimum atomic E-state index is -0.572. The number of hydrogen-bond donors (Lipinski definition) is 0. The van der Waals surface area contributed by atoms with Crippen LogP contribution in [0.1, 0.15) is 43.9 Å². The fourth-order valence-electron chi connectivity index (χ4n) is 6.15. The third-order valence-corrected chi connectivity index (χ3v) is 7.77. The molecule has 4 heterocycles. The second-order valence-electron chi connectivity index (χ2n) is 9.85. The molecule has 2 saturated heterocycles. The number of piperidine rings is 1. The van der Waals surface area contributed by atoms with E-state index in [1.165, 1.54) is 16.8 Å². The van der Waals surface area contributed by atoms with E-state index in [9.17, 15) is 0 Å². The molecule has 0 N–H and O–H groups in total. The molecule has 1 aromatic heterocycles. The lowest BCUT2D eigenvalue weighted by Crippen LogP contribution is -2.58. The van der Waals surface area contributed by atoms with Crippen molar-refractivity contribution in [1.29, 1.82) is 0 Å². The summed E-state index contributed by atoms with van der Waals surface area (Å²) in [6, 6.07) is 6.49. The number of aryl methyl sites for hydroxylation is 1. The Morgan fingerprint density at radius 1 is 1.31 bits per heavy atom. The predicted octanol–water partition coefficient (Wildman–Crippen LogP) is 5.20. The average molecular weight is 484 g/mol. The van der Waals surface area contributed by atoms with Gasteiger partial charge in [0.25, 0.3) is 5.72 Å². The van der Waals surface area contributed by atoms with Crippen molar-refractivity contribution in [3.05, 3.63) is 83.1 Å². The summed E-state index contributed by atoms with van der Waals surface area (Å²) in [5.41, 5.74) is 6.13. The molecule has 6 rings (SSSR count). The minimum absolute atomic E-state index is 0.195. The number of likely N-dealkylation sites (tertiary alicyclic amines) is 1.